The van der Waals surface area contributed by atoms with Crippen molar-refractivity contribution >= 4 is 9.84 Å². The van der Waals surface area contributed by atoms with Gasteiger partial charge in [-0.25, -0.2) is 8.42 Å². The van der Waals surface area contributed by atoms with Crippen molar-refractivity contribution in [3.05, 3.63) is 17.7 Å². The monoisotopic (exact) mass is 299 g/mol. The maximum absolute atomic E-state index is 11.7. The smallest absolute Gasteiger partial charge is 0.231 e. The third-order valence-electron chi connectivity index (χ3n) is 3.72. The van der Waals surface area contributed by atoms with Crippen molar-refractivity contribution in [2.45, 2.75) is 24.6 Å². The Bertz CT molecular complexity index is 613. The molecule has 0 amide bonds. The zero-order valence-corrected chi connectivity index (χ0v) is 11.8. The van der Waals surface area contributed by atoms with Crippen molar-refractivity contribution < 1.29 is 23.0 Å². The molecule has 2 N–H and O–H groups in total. The largest absolute Gasteiger partial charge is 0.507 e. The van der Waals surface area contributed by atoms with Gasteiger partial charge in [-0.3, -0.25) is 0 Å². The summed E-state index contributed by atoms with van der Waals surface area (Å²) in [5.74, 6) is 1.54. The van der Waals surface area contributed by atoms with Gasteiger partial charge in [0.2, 0.25) is 6.79 Å². The van der Waals surface area contributed by atoms with E-state index in [1.54, 1.807) is 6.07 Å². The van der Waals surface area contributed by atoms with Crippen molar-refractivity contribution in [3.63, 3.8) is 0 Å². The Balaban J connectivity index is 1.62. The molecule has 2 heterocycles. The summed E-state index contributed by atoms with van der Waals surface area (Å²) in [6.07, 6.45) is 1.45. The number of fused-ring (bicyclic) bond motifs is 1. The Hall–Kier alpha value is -1.47. The first kappa shape index (κ1) is 13.5. The van der Waals surface area contributed by atoms with E-state index in [1.807, 2.05) is 0 Å². The zero-order chi connectivity index (χ0) is 14.2. The Kier molecular flexibility index (Phi) is 3.47. The molecule has 7 heteroatoms. The van der Waals surface area contributed by atoms with Gasteiger partial charge in [0.15, 0.2) is 21.3 Å². The summed E-state index contributed by atoms with van der Waals surface area (Å²) in [7, 11) is -2.93. The van der Waals surface area contributed by atoms with Crippen LogP contribution in [0.4, 0.5) is 0 Å². The standard InChI is InChI=1S/C13H17NO5S/c15-11-5-13-12(18-8-19-13)4-9(11)6-14-7-10-2-1-3-20(10,16)17/h4-5,10,14-15H,1-3,6-8H2. The number of hydrogen-bond donors (Lipinski definition) is 2. The fourth-order valence-corrected chi connectivity index (χ4v) is 4.37. The number of phenols is 1. The number of benzene rings is 1. The van der Waals surface area contributed by atoms with Crippen LogP contribution in [0.3, 0.4) is 0 Å². The van der Waals surface area contributed by atoms with Crippen LogP contribution in [0.25, 0.3) is 0 Å². The van der Waals surface area contributed by atoms with E-state index in [9.17, 15) is 13.5 Å². The van der Waals surface area contributed by atoms with Crippen LogP contribution < -0.4 is 14.8 Å². The van der Waals surface area contributed by atoms with E-state index < -0.39 is 9.84 Å². The number of nitrogens with one attached hydrogen (secondary N) is 1. The van der Waals surface area contributed by atoms with Gasteiger partial charge in [-0.05, 0) is 18.9 Å². The zero-order valence-electron chi connectivity index (χ0n) is 11.0. The molecule has 1 atom stereocenters. The van der Waals surface area contributed by atoms with Crippen LogP contribution in [0.1, 0.15) is 18.4 Å². The second-order valence-electron chi connectivity index (χ2n) is 5.10. The van der Waals surface area contributed by atoms with Gasteiger partial charge in [0, 0.05) is 24.7 Å². The molecule has 0 radical (unpaired) electrons. The van der Waals surface area contributed by atoms with Crippen LogP contribution in [0, 0.1) is 0 Å². The summed E-state index contributed by atoms with van der Waals surface area (Å²) in [5, 5.41) is 12.7. The van der Waals surface area contributed by atoms with Crippen LogP contribution in [-0.2, 0) is 16.4 Å². The number of ether oxygens (including phenoxy) is 2. The van der Waals surface area contributed by atoms with Crippen LogP contribution in [0.15, 0.2) is 12.1 Å². The van der Waals surface area contributed by atoms with Crippen LogP contribution in [-0.4, -0.2) is 37.9 Å². The first-order valence-electron chi connectivity index (χ1n) is 6.60. The maximum Gasteiger partial charge on any atom is 0.231 e. The average molecular weight is 299 g/mol. The fraction of sp³-hybridized carbons (Fsp3) is 0.538. The SMILES string of the molecule is O=S1(=O)CCCC1CNCc1cc2c(cc1O)OCO2. The van der Waals surface area contributed by atoms with E-state index in [2.05, 4.69) is 5.32 Å². The van der Waals surface area contributed by atoms with Gasteiger partial charge in [-0.2, -0.15) is 0 Å². The van der Waals surface area contributed by atoms with Gasteiger partial charge < -0.3 is 19.9 Å². The van der Waals surface area contributed by atoms with Crippen molar-refractivity contribution in [2.75, 3.05) is 19.1 Å². The highest BCUT2D eigenvalue weighted by Crippen LogP contribution is 2.37. The van der Waals surface area contributed by atoms with Crippen molar-refractivity contribution in [1.29, 1.82) is 0 Å². The van der Waals surface area contributed by atoms with Crippen LogP contribution in [0.5, 0.6) is 17.2 Å². The van der Waals surface area contributed by atoms with E-state index in [0.29, 0.717) is 36.6 Å². The Morgan fingerprint density at radius 1 is 1.30 bits per heavy atom. The minimum Gasteiger partial charge on any atom is -0.507 e. The topological polar surface area (TPSA) is 84.9 Å². The summed E-state index contributed by atoms with van der Waals surface area (Å²) < 4.78 is 33.8. The normalized spacial score (nSPS) is 23.1. The third kappa shape index (κ3) is 2.55. The van der Waals surface area contributed by atoms with Crippen molar-refractivity contribution in [1.82, 2.24) is 5.32 Å². The molecule has 110 valence electrons. The molecule has 0 aromatic heterocycles. The molecule has 6 nitrogen and oxygen atoms in total. The van der Waals surface area contributed by atoms with E-state index in [0.717, 1.165) is 6.42 Å². The minimum absolute atomic E-state index is 0.121. The number of phenolic OH excluding ortho intramolecular Hbond substituents is 1. The molecule has 3 rings (SSSR count). The first-order valence-corrected chi connectivity index (χ1v) is 8.31. The molecule has 0 bridgehead atoms. The van der Waals surface area contributed by atoms with E-state index >= 15 is 0 Å². The Morgan fingerprint density at radius 3 is 2.75 bits per heavy atom. The molecule has 20 heavy (non-hydrogen) atoms. The van der Waals surface area contributed by atoms with E-state index in [4.69, 9.17) is 9.47 Å². The van der Waals surface area contributed by atoms with E-state index in [1.165, 1.54) is 6.07 Å². The molecule has 1 unspecified atom stereocenters. The number of rotatable bonds is 4. The lowest BCUT2D eigenvalue weighted by molar-refractivity contribution is 0.174. The fourth-order valence-electron chi connectivity index (χ4n) is 2.57. The van der Waals surface area contributed by atoms with Gasteiger partial charge in [0.05, 0.1) is 11.0 Å². The highest BCUT2D eigenvalue weighted by molar-refractivity contribution is 7.92. The lowest BCUT2D eigenvalue weighted by atomic mass is 10.1. The predicted molar refractivity (Wildman–Crippen MR) is 72.7 cm³/mol. The molecule has 2 aliphatic rings. The molecular formula is C13H17NO5S. The lowest BCUT2D eigenvalue weighted by Crippen LogP contribution is -2.30. The molecule has 1 aromatic carbocycles. The number of sulfone groups is 1. The molecule has 0 spiro atoms. The van der Waals surface area contributed by atoms with Crippen LogP contribution in [0.2, 0.25) is 0 Å². The lowest BCUT2D eigenvalue weighted by Gasteiger charge is -2.12. The molecule has 1 fully saturated rings. The Morgan fingerprint density at radius 2 is 2.05 bits per heavy atom. The molecular weight excluding hydrogens is 282 g/mol. The number of aromatic hydroxyl groups is 1. The van der Waals surface area contributed by atoms with Gasteiger partial charge in [-0.15, -0.1) is 0 Å². The quantitative estimate of drug-likeness (QED) is 0.855. The number of hydrogen-bond acceptors (Lipinski definition) is 6. The summed E-state index contributed by atoms with van der Waals surface area (Å²) in [6, 6.07) is 3.24. The van der Waals surface area contributed by atoms with Crippen LogP contribution >= 0.6 is 0 Å². The van der Waals surface area contributed by atoms with Gasteiger partial charge in [-0.1, -0.05) is 0 Å². The molecule has 2 aliphatic heterocycles. The van der Waals surface area contributed by atoms with Gasteiger partial charge in [0.25, 0.3) is 0 Å². The van der Waals surface area contributed by atoms with Crippen molar-refractivity contribution in [2.24, 2.45) is 0 Å². The highest BCUT2D eigenvalue weighted by atomic mass is 32.2. The summed E-state index contributed by atoms with van der Waals surface area (Å²) in [4.78, 5) is 0. The summed E-state index contributed by atoms with van der Waals surface area (Å²) in [6.45, 7) is 0.969. The summed E-state index contributed by atoms with van der Waals surface area (Å²) >= 11 is 0. The second kappa shape index (κ2) is 5.14. The maximum atomic E-state index is 11.7. The highest BCUT2D eigenvalue weighted by Gasteiger charge is 2.30. The first-order chi connectivity index (χ1) is 9.56. The summed E-state index contributed by atoms with van der Waals surface area (Å²) in [5.41, 5.74) is 0.671. The van der Waals surface area contributed by atoms with Crippen molar-refractivity contribution in [3.8, 4) is 17.2 Å². The van der Waals surface area contributed by atoms with Gasteiger partial charge in [0.1, 0.15) is 5.75 Å². The third-order valence-corrected chi connectivity index (χ3v) is 6.00. The molecule has 1 saturated heterocycles. The molecule has 0 aliphatic carbocycles. The predicted octanol–water partition coefficient (Wildman–Crippen LogP) is 0.788. The van der Waals surface area contributed by atoms with E-state index in [-0.39, 0.29) is 23.5 Å². The average Bonchev–Trinajstić information content (AvgIpc) is 2.96. The Labute approximate surface area is 117 Å². The molecule has 0 saturated carbocycles. The minimum atomic E-state index is -2.93. The second-order valence-corrected chi connectivity index (χ2v) is 7.50. The molecule has 1 aromatic rings. The van der Waals surface area contributed by atoms with Gasteiger partial charge >= 0.3 is 0 Å².